The van der Waals surface area contributed by atoms with Crippen LogP contribution in [-0.4, -0.2) is 29.6 Å². The van der Waals surface area contributed by atoms with Gasteiger partial charge in [-0.25, -0.2) is 0 Å². The van der Waals surface area contributed by atoms with E-state index < -0.39 is 0 Å². The van der Waals surface area contributed by atoms with Crippen LogP contribution in [0.1, 0.15) is 76.7 Å². The van der Waals surface area contributed by atoms with E-state index in [1.807, 2.05) is 0 Å². The average molecular weight is 462 g/mol. The Morgan fingerprint density at radius 3 is 1.97 bits per heavy atom. The molecule has 1 heterocycles. The fourth-order valence-corrected chi connectivity index (χ4v) is 5.00. The predicted octanol–water partition coefficient (Wildman–Crippen LogP) is 8.48. The van der Waals surface area contributed by atoms with Crippen LogP contribution in [0.25, 0.3) is 10.8 Å². The summed E-state index contributed by atoms with van der Waals surface area (Å²) in [4.78, 5) is 4.44. The van der Waals surface area contributed by atoms with Crippen molar-refractivity contribution >= 4 is 34.0 Å². The Bertz CT molecular complexity index is 828. The lowest BCUT2D eigenvalue weighted by Crippen LogP contribution is -2.29. The van der Waals surface area contributed by atoms with Crippen molar-refractivity contribution in [3.63, 3.8) is 0 Å². The van der Waals surface area contributed by atoms with Gasteiger partial charge in [-0.15, -0.1) is 0 Å². The summed E-state index contributed by atoms with van der Waals surface area (Å²) in [7, 11) is 0. The van der Waals surface area contributed by atoms with Crippen LogP contribution in [0.3, 0.4) is 0 Å². The number of hydrogen-bond donors (Lipinski definition) is 0. The van der Waals surface area contributed by atoms with E-state index in [1.54, 1.807) is 0 Å². The number of fused-ring (bicyclic) bond motifs is 1. The number of rotatable bonds is 14. The topological polar surface area (TPSA) is 6.48 Å². The highest BCUT2D eigenvalue weighted by atomic mass is 35.5. The first-order valence-electron chi connectivity index (χ1n) is 12.2. The van der Waals surface area contributed by atoms with E-state index in [9.17, 15) is 0 Å². The minimum absolute atomic E-state index is 0.703. The minimum atomic E-state index is 0.703. The molecule has 0 fully saturated rings. The average Bonchev–Trinajstić information content (AvgIpc) is 3.07. The molecule has 0 amide bonds. The Hall–Kier alpha value is -1.38. The van der Waals surface area contributed by atoms with Crippen LogP contribution >= 0.6 is 23.2 Å². The lowest BCUT2D eigenvalue weighted by atomic mass is 10.0. The minimum Gasteiger partial charge on any atom is -0.342 e. The van der Waals surface area contributed by atoms with Gasteiger partial charge in [0.2, 0.25) is 0 Å². The zero-order chi connectivity index (χ0) is 21.9. The first kappa shape index (κ1) is 24.3. The van der Waals surface area contributed by atoms with Gasteiger partial charge in [-0.3, -0.25) is 0 Å². The molecule has 0 N–H and O–H groups in total. The van der Waals surface area contributed by atoms with Crippen molar-refractivity contribution in [2.24, 2.45) is 0 Å². The fourth-order valence-electron chi connectivity index (χ4n) is 4.48. The van der Waals surface area contributed by atoms with Crippen LogP contribution in [0, 0.1) is 0 Å². The molecule has 0 aromatic heterocycles. The van der Waals surface area contributed by atoms with Crippen LogP contribution in [0.4, 0.5) is 0 Å². The van der Waals surface area contributed by atoms with Gasteiger partial charge in [0.1, 0.15) is 10.3 Å². The molecule has 0 aliphatic carbocycles. The largest absolute Gasteiger partial charge is 0.342 e. The number of hydrogen-bond acceptors (Lipinski definition) is 2. The van der Waals surface area contributed by atoms with Gasteiger partial charge in [0.05, 0.1) is 6.67 Å². The lowest BCUT2D eigenvalue weighted by molar-refractivity contribution is 0.256. The molecule has 1 aliphatic heterocycles. The molecule has 0 saturated carbocycles. The van der Waals surface area contributed by atoms with Crippen LogP contribution in [0.2, 0.25) is 0 Å². The Morgan fingerprint density at radius 2 is 1.26 bits per heavy atom. The number of unbranched alkanes of at least 4 members (excludes halogenated alkanes) is 9. The van der Waals surface area contributed by atoms with E-state index >= 15 is 0 Å². The van der Waals surface area contributed by atoms with Crippen molar-refractivity contribution in [2.45, 2.75) is 77.6 Å². The summed E-state index contributed by atoms with van der Waals surface area (Å²) in [5, 5.41) is 4.05. The summed E-state index contributed by atoms with van der Waals surface area (Å²) in [6.07, 6.45) is 14.5. The van der Waals surface area contributed by atoms with Gasteiger partial charge in [0.25, 0.3) is 0 Å². The van der Waals surface area contributed by atoms with Crippen LogP contribution in [-0.2, 0) is 6.42 Å². The maximum absolute atomic E-state index is 6.57. The van der Waals surface area contributed by atoms with E-state index in [0.29, 0.717) is 5.16 Å². The molecule has 2 aromatic carbocycles. The molecule has 0 spiro atoms. The SMILES string of the molecule is CCCCCCCCCCCCN1CN(CCc2cccc3ccccc23)C(Cl)=C1Cl. The quantitative estimate of drug-likeness (QED) is 0.206. The Balaban J connectivity index is 1.35. The third-order valence-electron chi connectivity index (χ3n) is 6.38. The number of halogens is 2. The predicted molar refractivity (Wildman–Crippen MR) is 137 cm³/mol. The maximum atomic E-state index is 6.57. The molecule has 4 heteroatoms. The third kappa shape index (κ3) is 7.32. The molecule has 0 bridgehead atoms. The molecular formula is C27H38Cl2N2. The second kappa shape index (κ2) is 13.2. The van der Waals surface area contributed by atoms with E-state index in [0.717, 1.165) is 31.3 Å². The lowest BCUT2D eigenvalue weighted by Gasteiger charge is -2.22. The highest BCUT2D eigenvalue weighted by molar-refractivity contribution is 6.38. The summed E-state index contributed by atoms with van der Waals surface area (Å²) in [6, 6.07) is 15.1. The summed E-state index contributed by atoms with van der Waals surface area (Å²) in [5.41, 5.74) is 1.37. The van der Waals surface area contributed by atoms with Gasteiger partial charge in [0, 0.05) is 13.1 Å². The van der Waals surface area contributed by atoms with Gasteiger partial charge in [-0.2, -0.15) is 0 Å². The van der Waals surface area contributed by atoms with Gasteiger partial charge >= 0.3 is 0 Å². The van der Waals surface area contributed by atoms with E-state index in [-0.39, 0.29) is 0 Å². The smallest absolute Gasteiger partial charge is 0.141 e. The van der Waals surface area contributed by atoms with E-state index in [1.165, 1.54) is 80.5 Å². The van der Waals surface area contributed by atoms with E-state index in [2.05, 4.69) is 59.2 Å². The fraction of sp³-hybridized carbons (Fsp3) is 0.556. The van der Waals surface area contributed by atoms with Gasteiger partial charge in [0.15, 0.2) is 0 Å². The van der Waals surface area contributed by atoms with Crippen LogP contribution < -0.4 is 0 Å². The molecule has 2 nitrogen and oxygen atoms in total. The molecule has 31 heavy (non-hydrogen) atoms. The second-order valence-corrected chi connectivity index (χ2v) is 9.54. The Morgan fingerprint density at radius 1 is 0.677 bits per heavy atom. The van der Waals surface area contributed by atoms with Crippen molar-refractivity contribution in [3.8, 4) is 0 Å². The highest BCUT2D eigenvalue weighted by Gasteiger charge is 2.26. The van der Waals surface area contributed by atoms with Crippen molar-refractivity contribution < 1.29 is 0 Å². The highest BCUT2D eigenvalue weighted by Crippen LogP contribution is 2.30. The molecule has 170 valence electrons. The Kier molecular flexibility index (Phi) is 10.4. The van der Waals surface area contributed by atoms with E-state index in [4.69, 9.17) is 23.2 Å². The van der Waals surface area contributed by atoms with Crippen molar-refractivity contribution in [3.05, 3.63) is 58.3 Å². The molecule has 2 aromatic rings. The molecule has 0 radical (unpaired) electrons. The van der Waals surface area contributed by atoms with Gasteiger partial charge in [-0.05, 0) is 29.2 Å². The molecule has 0 atom stereocenters. The second-order valence-electron chi connectivity index (χ2n) is 8.82. The van der Waals surface area contributed by atoms with Gasteiger partial charge in [-0.1, -0.05) is 130 Å². The molecule has 0 unspecified atom stereocenters. The molecule has 3 rings (SSSR count). The molecule has 0 saturated heterocycles. The summed E-state index contributed by atoms with van der Waals surface area (Å²) in [5.74, 6) is 0. The standard InChI is InChI=1S/C27H38Cl2N2/c1-2-3-4-5-6-7-8-9-10-13-20-30-22-31(27(29)26(30)28)21-19-24-17-14-16-23-15-11-12-18-25(23)24/h11-12,14-18H,2-10,13,19-22H2,1H3. The normalized spacial score (nSPS) is 14.3. The summed E-state index contributed by atoms with van der Waals surface area (Å²) < 4.78 is 0. The van der Waals surface area contributed by atoms with Crippen molar-refractivity contribution in [2.75, 3.05) is 19.8 Å². The molecular weight excluding hydrogens is 423 g/mol. The monoisotopic (exact) mass is 460 g/mol. The summed E-state index contributed by atoms with van der Waals surface area (Å²) in [6.45, 7) is 4.97. The van der Waals surface area contributed by atoms with Gasteiger partial charge < -0.3 is 9.80 Å². The zero-order valence-corrected chi connectivity index (χ0v) is 20.6. The van der Waals surface area contributed by atoms with Crippen LogP contribution in [0.5, 0.6) is 0 Å². The first-order valence-corrected chi connectivity index (χ1v) is 13.0. The van der Waals surface area contributed by atoms with Crippen LogP contribution in [0.15, 0.2) is 52.8 Å². The number of nitrogens with zero attached hydrogens (tertiary/aromatic N) is 2. The zero-order valence-electron chi connectivity index (χ0n) is 19.1. The summed E-state index contributed by atoms with van der Waals surface area (Å²) >= 11 is 13.1. The Labute approximate surface area is 199 Å². The maximum Gasteiger partial charge on any atom is 0.141 e. The van der Waals surface area contributed by atoms with Crippen molar-refractivity contribution in [1.82, 2.24) is 9.80 Å². The molecule has 1 aliphatic rings. The number of benzene rings is 2. The van der Waals surface area contributed by atoms with Crippen molar-refractivity contribution in [1.29, 1.82) is 0 Å². The third-order valence-corrected chi connectivity index (χ3v) is 7.31. The first-order chi connectivity index (χ1) is 15.2.